The summed E-state index contributed by atoms with van der Waals surface area (Å²) in [5, 5.41) is 0. The van der Waals surface area contributed by atoms with Crippen molar-refractivity contribution in [2.24, 2.45) is 11.8 Å². The number of ether oxygens (including phenoxy) is 2. The van der Waals surface area contributed by atoms with Gasteiger partial charge in [0, 0.05) is 18.4 Å². The molecule has 123 valence electrons. The molecule has 2 atom stereocenters. The first-order valence-corrected chi connectivity index (χ1v) is 8.40. The van der Waals surface area contributed by atoms with Gasteiger partial charge in [-0.1, -0.05) is 13.8 Å². The maximum Gasteiger partial charge on any atom is 0.213 e. The van der Waals surface area contributed by atoms with E-state index in [1.54, 1.807) is 14.2 Å². The molecule has 2 unspecified atom stereocenters. The molecule has 1 fully saturated rings. The van der Waals surface area contributed by atoms with E-state index < -0.39 is 0 Å². The highest BCUT2D eigenvalue weighted by Gasteiger charge is 2.38. The molecule has 1 radical (unpaired) electrons. The van der Waals surface area contributed by atoms with Crippen molar-refractivity contribution in [2.75, 3.05) is 20.8 Å². The highest BCUT2D eigenvalue weighted by Crippen LogP contribution is 2.41. The number of nitrogens with zero attached hydrogens (tertiary/aromatic N) is 1. The number of benzene rings is 1. The molecule has 0 aromatic heterocycles. The normalized spacial score (nSPS) is 24.0. The SMILES string of the molecule is COc1cc2c(cc1OC)C1CC(=O)C(CC(C)C)CN1[B]C2. The summed E-state index contributed by atoms with van der Waals surface area (Å²) < 4.78 is 10.8. The first-order valence-electron chi connectivity index (χ1n) is 8.40. The Morgan fingerprint density at radius 1 is 1.26 bits per heavy atom. The minimum Gasteiger partial charge on any atom is -0.493 e. The van der Waals surface area contributed by atoms with Gasteiger partial charge in [0.25, 0.3) is 0 Å². The van der Waals surface area contributed by atoms with Crippen molar-refractivity contribution in [3.8, 4) is 11.5 Å². The van der Waals surface area contributed by atoms with Crippen LogP contribution >= 0.6 is 0 Å². The fraction of sp³-hybridized carbons (Fsp3) is 0.611. The molecule has 0 bridgehead atoms. The lowest BCUT2D eigenvalue weighted by molar-refractivity contribution is -0.127. The second-order valence-electron chi connectivity index (χ2n) is 7.00. The summed E-state index contributed by atoms with van der Waals surface area (Å²) in [6.45, 7) is 5.22. The summed E-state index contributed by atoms with van der Waals surface area (Å²) >= 11 is 0. The van der Waals surface area contributed by atoms with E-state index in [-0.39, 0.29) is 12.0 Å². The van der Waals surface area contributed by atoms with Crippen LogP contribution < -0.4 is 9.47 Å². The largest absolute Gasteiger partial charge is 0.493 e. The Hall–Kier alpha value is -1.49. The third-order valence-electron chi connectivity index (χ3n) is 4.99. The molecule has 0 N–H and O–H groups in total. The predicted molar refractivity (Wildman–Crippen MR) is 91.0 cm³/mol. The fourth-order valence-electron chi connectivity index (χ4n) is 3.86. The minimum absolute atomic E-state index is 0.148. The Labute approximate surface area is 139 Å². The zero-order valence-corrected chi connectivity index (χ0v) is 14.5. The van der Waals surface area contributed by atoms with Gasteiger partial charge in [-0.25, -0.2) is 0 Å². The van der Waals surface area contributed by atoms with E-state index in [9.17, 15) is 4.79 Å². The summed E-state index contributed by atoms with van der Waals surface area (Å²) in [6, 6.07) is 4.25. The molecule has 0 amide bonds. The van der Waals surface area contributed by atoms with Crippen LogP contribution in [0.2, 0.25) is 0 Å². The molecule has 0 aliphatic carbocycles. The molecule has 0 spiro atoms. The standard InChI is InChI=1S/C18H25BNO3/c1-11(2)5-13-10-20-15(8-16(13)21)14-7-18(23-4)17(22-3)6-12(14)9-19-20/h6-7,11,13,15H,5,8-10H2,1-4H3. The van der Waals surface area contributed by atoms with Crippen molar-refractivity contribution in [3.63, 3.8) is 0 Å². The molecular weight excluding hydrogens is 289 g/mol. The summed E-state index contributed by atoms with van der Waals surface area (Å²) in [4.78, 5) is 14.9. The zero-order chi connectivity index (χ0) is 16.6. The van der Waals surface area contributed by atoms with E-state index in [1.807, 2.05) is 6.07 Å². The number of fused-ring (bicyclic) bond motifs is 3. The van der Waals surface area contributed by atoms with E-state index >= 15 is 0 Å². The zero-order valence-electron chi connectivity index (χ0n) is 14.5. The van der Waals surface area contributed by atoms with Crippen LogP contribution in [0.4, 0.5) is 0 Å². The lowest BCUT2D eigenvalue weighted by atomic mass is 9.68. The van der Waals surface area contributed by atoms with Gasteiger partial charge in [-0.05, 0) is 48.5 Å². The van der Waals surface area contributed by atoms with Crippen LogP contribution in [0.1, 0.15) is 43.9 Å². The van der Waals surface area contributed by atoms with Gasteiger partial charge in [0.1, 0.15) is 5.78 Å². The highest BCUT2D eigenvalue weighted by atomic mass is 16.5. The lowest BCUT2D eigenvalue weighted by Crippen LogP contribution is -2.48. The predicted octanol–water partition coefficient (Wildman–Crippen LogP) is 2.81. The number of hydrogen-bond acceptors (Lipinski definition) is 4. The number of carbonyl (C=O) groups excluding carboxylic acids is 1. The number of hydrogen-bond donors (Lipinski definition) is 0. The minimum atomic E-state index is 0.148. The Bertz CT molecular complexity index is 602. The topological polar surface area (TPSA) is 38.8 Å². The quantitative estimate of drug-likeness (QED) is 0.801. The van der Waals surface area contributed by atoms with E-state index in [1.165, 1.54) is 11.1 Å². The molecule has 2 aliphatic rings. The Balaban J connectivity index is 1.89. The average Bonchev–Trinajstić information content (AvgIpc) is 2.53. The van der Waals surface area contributed by atoms with E-state index in [0.717, 1.165) is 30.8 Å². The second kappa shape index (κ2) is 6.56. The summed E-state index contributed by atoms with van der Waals surface area (Å²) in [5.41, 5.74) is 2.44. The summed E-state index contributed by atoms with van der Waals surface area (Å²) in [7, 11) is 5.56. The third-order valence-corrected chi connectivity index (χ3v) is 4.99. The van der Waals surface area contributed by atoms with E-state index in [0.29, 0.717) is 18.1 Å². The van der Waals surface area contributed by atoms with Gasteiger partial charge in [0.05, 0.1) is 14.2 Å². The van der Waals surface area contributed by atoms with Crippen LogP contribution in [0.3, 0.4) is 0 Å². The first kappa shape index (κ1) is 16.4. The molecule has 1 aromatic carbocycles. The number of rotatable bonds is 4. The Kier molecular flexibility index (Phi) is 4.67. The van der Waals surface area contributed by atoms with Gasteiger partial charge in [0.2, 0.25) is 7.41 Å². The van der Waals surface area contributed by atoms with E-state index in [2.05, 4.69) is 32.1 Å². The van der Waals surface area contributed by atoms with Crippen LogP contribution in [0.25, 0.3) is 0 Å². The summed E-state index contributed by atoms with van der Waals surface area (Å²) in [6.07, 6.45) is 2.46. The van der Waals surface area contributed by atoms with Gasteiger partial charge in [-0.3, -0.25) is 4.79 Å². The van der Waals surface area contributed by atoms with Crippen molar-refractivity contribution >= 4 is 13.2 Å². The number of methoxy groups -OCH3 is 2. The molecule has 0 saturated carbocycles. The monoisotopic (exact) mass is 314 g/mol. The lowest BCUT2D eigenvalue weighted by Gasteiger charge is -2.43. The van der Waals surface area contributed by atoms with Gasteiger partial charge in [-0.2, -0.15) is 0 Å². The summed E-state index contributed by atoms with van der Waals surface area (Å²) in [5.74, 6) is 2.62. The Morgan fingerprint density at radius 3 is 2.61 bits per heavy atom. The highest BCUT2D eigenvalue weighted by molar-refractivity contribution is 6.32. The van der Waals surface area contributed by atoms with Crippen LogP contribution in [0.5, 0.6) is 11.5 Å². The Morgan fingerprint density at radius 2 is 1.96 bits per heavy atom. The molecule has 5 heteroatoms. The number of piperidine rings is 1. The maximum absolute atomic E-state index is 12.6. The van der Waals surface area contributed by atoms with Crippen LogP contribution in [0.15, 0.2) is 12.1 Å². The number of Topliss-reactive ketones (excluding diaryl/α,β-unsaturated/α-hetero) is 1. The number of ketones is 1. The third kappa shape index (κ3) is 3.11. The van der Waals surface area contributed by atoms with Crippen molar-refractivity contribution in [1.82, 2.24) is 4.81 Å². The second-order valence-corrected chi connectivity index (χ2v) is 7.00. The van der Waals surface area contributed by atoms with Gasteiger partial charge in [-0.15, -0.1) is 0 Å². The average molecular weight is 314 g/mol. The van der Waals surface area contributed by atoms with Gasteiger partial charge < -0.3 is 14.3 Å². The van der Waals surface area contributed by atoms with Crippen LogP contribution in [0, 0.1) is 11.8 Å². The molecule has 23 heavy (non-hydrogen) atoms. The van der Waals surface area contributed by atoms with Gasteiger partial charge >= 0.3 is 0 Å². The molecule has 1 aromatic rings. The molecule has 2 aliphatic heterocycles. The van der Waals surface area contributed by atoms with Crippen molar-refractivity contribution in [3.05, 3.63) is 23.3 Å². The molecule has 4 nitrogen and oxygen atoms in total. The van der Waals surface area contributed by atoms with Crippen molar-refractivity contribution < 1.29 is 14.3 Å². The first-order chi connectivity index (χ1) is 11.0. The fourth-order valence-corrected chi connectivity index (χ4v) is 3.86. The molecule has 3 rings (SSSR count). The molecule has 1 saturated heterocycles. The molecule has 2 heterocycles. The van der Waals surface area contributed by atoms with Crippen LogP contribution in [-0.2, 0) is 11.1 Å². The number of carbonyl (C=O) groups is 1. The van der Waals surface area contributed by atoms with Crippen molar-refractivity contribution in [1.29, 1.82) is 0 Å². The van der Waals surface area contributed by atoms with Crippen molar-refractivity contribution in [2.45, 2.75) is 39.1 Å². The van der Waals surface area contributed by atoms with E-state index in [4.69, 9.17) is 9.47 Å². The maximum atomic E-state index is 12.6. The molecular formula is C18H25BNO3. The van der Waals surface area contributed by atoms with Gasteiger partial charge in [0.15, 0.2) is 11.5 Å². The smallest absolute Gasteiger partial charge is 0.213 e. The van der Waals surface area contributed by atoms with Crippen LogP contribution in [-0.4, -0.2) is 38.8 Å².